The molecule has 10 heavy (non-hydrogen) atoms. The molecule has 0 aromatic carbocycles. The minimum atomic E-state index is 0.831. The fourth-order valence-electron chi connectivity index (χ4n) is 0.644. The van der Waals surface area contributed by atoms with Crippen molar-refractivity contribution in [3.63, 3.8) is 0 Å². The third-order valence-corrected chi connectivity index (χ3v) is 2.06. The summed E-state index contributed by atoms with van der Waals surface area (Å²) in [4.78, 5) is 4.81. The maximum absolute atomic E-state index is 3.96. The molecule has 0 aliphatic rings. The lowest BCUT2D eigenvalue weighted by molar-refractivity contribution is 1.50. The first-order valence-corrected chi connectivity index (χ1v) is 3.60. The van der Waals surface area contributed by atoms with Gasteiger partial charge in [-0.1, -0.05) is 6.58 Å². The van der Waals surface area contributed by atoms with Crippen molar-refractivity contribution in [3.8, 4) is 0 Å². The second kappa shape index (κ2) is 2.75. The van der Waals surface area contributed by atoms with Crippen LogP contribution >= 0.6 is 11.5 Å². The van der Waals surface area contributed by atoms with Gasteiger partial charge in [-0.05, 0) is 30.7 Å². The zero-order chi connectivity index (χ0) is 7.56. The van der Waals surface area contributed by atoms with Gasteiger partial charge in [0.05, 0.1) is 11.1 Å². The van der Waals surface area contributed by atoms with Gasteiger partial charge >= 0.3 is 0 Å². The van der Waals surface area contributed by atoms with Crippen molar-refractivity contribution in [1.29, 1.82) is 0 Å². The van der Waals surface area contributed by atoms with Crippen LogP contribution in [0.15, 0.2) is 17.8 Å². The van der Waals surface area contributed by atoms with Gasteiger partial charge in [-0.25, -0.2) is 0 Å². The Hall–Kier alpha value is -0.960. The Balaban J connectivity index is 3.13. The quantitative estimate of drug-likeness (QED) is 0.598. The summed E-state index contributed by atoms with van der Waals surface area (Å²) in [5.74, 6) is 0. The first-order chi connectivity index (χ1) is 4.75. The summed E-state index contributed by atoms with van der Waals surface area (Å²) >= 11 is 1.40. The molecule has 1 rings (SSSR count). The lowest BCUT2D eigenvalue weighted by atomic mass is 10.3. The molecule has 3 heteroatoms. The van der Waals surface area contributed by atoms with Crippen LogP contribution in [0.1, 0.15) is 11.8 Å². The summed E-state index contributed by atoms with van der Waals surface area (Å²) in [6.45, 7) is 9.14. The molecule has 0 radical (unpaired) electrons. The maximum atomic E-state index is 3.96. The second-order valence-corrected chi connectivity index (χ2v) is 2.78. The van der Waals surface area contributed by atoms with Gasteiger partial charge in [-0.3, -0.25) is 4.99 Å². The number of nitrogens with zero attached hydrogens (tertiary/aromatic N) is 2. The minimum absolute atomic E-state index is 0.831. The van der Waals surface area contributed by atoms with Gasteiger partial charge < -0.3 is 0 Å². The van der Waals surface area contributed by atoms with Crippen molar-refractivity contribution in [3.05, 3.63) is 17.7 Å². The van der Waals surface area contributed by atoms with Crippen LogP contribution in [0.5, 0.6) is 0 Å². The van der Waals surface area contributed by atoms with Gasteiger partial charge in [0.2, 0.25) is 0 Å². The molecular formula is C7H8N2S. The number of hydrogen-bond donors (Lipinski definition) is 0. The normalized spacial score (nSPS) is 9.30. The third kappa shape index (κ3) is 1.14. The topological polar surface area (TPSA) is 25.2 Å². The molecule has 0 saturated carbocycles. The monoisotopic (exact) mass is 152 g/mol. The van der Waals surface area contributed by atoms with Gasteiger partial charge in [-0.2, -0.15) is 4.37 Å². The zero-order valence-corrected chi connectivity index (χ0v) is 6.61. The summed E-state index contributed by atoms with van der Waals surface area (Å²) in [6.07, 6.45) is 1.70. The molecule has 1 aromatic heterocycles. The highest BCUT2D eigenvalue weighted by molar-refractivity contribution is 7.07. The van der Waals surface area contributed by atoms with Gasteiger partial charge in [0.25, 0.3) is 0 Å². The molecule has 0 N–H and O–H groups in total. The Morgan fingerprint density at radius 2 is 2.50 bits per heavy atom. The van der Waals surface area contributed by atoms with E-state index in [-0.39, 0.29) is 0 Å². The molecule has 0 fully saturated rings. The molecule has 0 amide bonds. The van der Waals surface area contributed by atoms with Crippen molar-refractivity contribution in [2.45, 2.75) is 6.92 Å². The van der Waals surface area contributed by atoms with Crippen LogP contribution in [-0.4, -0.2) is 11.1 Å². The average Bonchev–Trinajstić information content (AvgIpc) is 2.33. The molecule has 0 unspecified atom stereocenters. The summed E-state index contributed by atoms with van der Waals surface area (Å²) < 4.78 is 3.96. The summed E-state index contributed by atoms with van der Waals surface area (Å²) in [6, 6.07) is 0. The van der Waals surface area contributed by atoms with Crippen molar-refractivity contribution in [1.82, 2.24) is 4.37 Å². The molecule has 0 aliphatic carbocycles. The molecule has 52 valence electrons. The predicted molar refractivity (Wildman–Crippen MR) is 46.0 cm³/mol. The minimum Gasteiger partial charge on any atom is -0.261 e. The molecule has 0 saturated heterocycles. The first-order valence-electron chi connectivity index (χ1n) is 2.83. The van der Waals surface area contributed by atoms with Crippen molar-refractivity contribution in [2.24, 2.45) is 4.99 Å². The van der Waals surface area contributed by atoms with Crippen LogP contribution in [0.4, 0.5) is 5.69 Å². The zero-order valence-electron chi connectivity index (χ0n) is 5.79. The highest BCUT2D eigenvalue weighted by Gasteiger charge is 2.02. The van der Waals surface area contributed by atoms with Crippen LogP contribution in [0, 0.1) is 0 Å². The van der Waals surface area contributed by atoms with Gasteiger partial charge in [-0.15, -0.1) is 0 Å². The van der Waals surface area contributed by atoms with Crippen LogP contribution in [0.25, 0.3) is 5.57 Å². The van der Waals surface area contributed by atoms with Gasteiger partial charge in [0.1, 0.15) is 5.69 Å². The highest BCUT2D eigenvalue weighted by Crippen LogP contribution is 2.27. The molecular weight excluding hydrogens is 144 g/mol. The SMILES string of the molecule is C=Nc1cnsc1C(=C)C. The van der Waals surface area contributed by atoms with E-state index in [1.807, 2.05) is 6.92 Å². The maximum Gasteiger partial charge on any atom is 0.101 e. The van der Waals surface area contributed by atoms with Crippen molar-refractivity contribution in [2.75, 3.05) is 0 Å². The Labute approximate surface area is 64.1 Å². The fourth-order valence-corrected chi connectivity index (χ4v) is 1.27. The van der Waals surface area contributed by atoms with Gasteiger partial charge in [0.15, 0.2) is 0 Å². The van der Waals surface area contributed by atoms with Crippen LogP contribution < -0.4 is 0 Å². The van der Waals surface area contributed by atoms with E-state index in [0.29, 0.717) is 0 Å². The Morgan fingerprint density at radius 3 is 2.90 bits per heavy atom. The average molecular weight is 152 g/mol. The fraction of sp³-hybridized carbons (Fsp3) is 0.143. The van der Waals surface area contributed by atoms with E-state index in [9.17, 15) is 0 Å². The lowest BCUT2D eigenvalue weighted by Crippen LogP contribution is -1.67. The Bertz CT molecular complexity index is 262. The van der Waals surface area contributed by atoms with E-state index in [1.165, 1.54) is 11.5 Å². The van der Waals surface area contributed by atoms with Gasteiger partial charge in [0, 0.05) is 0 Å². The van der Waals surface area contributed by atoms with Crippen molar-refractivity contribution >= 4 is 29.5 Å². The van der Waals surface area contributed by atoms with Crippen LogP contribution in [0.3, 0.4) is 0 Å². The van der Waals surface area contributed by atoms with E-state index in [2.05, 4.69) is 22.7 Å². The molecule has 0 spiro atoms. The lowest BCUT2D eigenvalue weighted by Gasteiger charge is -1.91. The van der Waals surface area contributed by atoms with E-state index in [1.54, 1.807) is 6.20 Å². The standard InChI is InChI=1S/C7H8N2S/c1-5(2)7-6(8-3)4-9-10-7/h4H,1,3H2,2H3. The van der Waals surface area contributed by atoms with E-state index < -0.39 is 0 Å². The molecule has 1 heterocycles. The Morgan fingerprint density at radius 1 is 1.80 bits per heavy atom. The number of aliphatic imine (C=N–C) groups is 1. The van der Waals surface area contributed by atoms with Crippen LogP contribution in [-0.2, 0) is 0 Å². The van der Waals surface area contributed by atoms with Crippen molar-refractivity contribution < 1.29 is 0 Å². The number of aromatic nitrogens is 1. The van der Waals surface area contributed by atoms with E-state index >= 15 is 0 Å². The third-order valence-electron chi connectivity index (χ3n) is 1.11. The summed E-state index contributed by atoms with van der Waals surface area (Å²) in [5.41, 5.74) is 1.82. The van der Waals surface area contributed by atoms with E-state index in [4.69, 9.17) is 0 Å². The molecule has 1 aromatic rings. The first kappa shape index (κ1) is 7.15. The number of allylic oxidation sites excluding steroid dienone is 1. The molecule has 2 nitrogen and oxygen atoms in total. The summed E-state index contributed by atoms with van der Waals surface area (Å²) in [7, 11) is 0. The summed E-state index contributed by atoms with van der Waals surface area (Å²) in [5, 5.41) is 0. The predicted octanol–water partition coefficient (Wildman–Crippen LogP) is 2.51. The number of rotatable bonds is 2. The smallest absolute Gasteiger partial charge is 0.101 e. The van der Waals surface area contributed by atoms with Crippen LogP contribution in [0.2, 0.25) is 0 Å². The largest absolute Gasteiger partial charge is 0.261 e. The molecule has 0 atom stereocenters. The molecule has 0 aliphatic heterocycles. The second-order valence-electron chi connectivity index (χ2n) is 1.98. The number of hydrogen-bond acceptors (Lipinski definition) is 3. The Kier molecular flexibility index (Phi) is 1.97. The highest BCUT2D eigenvalue weighted by atomic mass is 32.1. The molecule has 0 bridgehead atoms. The van der Waals surface area contributed by atoms with E-state index in [0.717, 1.165) is 16.1 Å².